The molecular formula is C17H22FNO3. The lowest BCUT2D eigenvalue weighted by Gasteiger charge is -2.40. The highest BCUT2D eigenvalue weighted by molar-refractivity contribution is 5.80. The third-order valence-corrected chi connectivity index (χ3v) is 4.57. The zero-order chi connectivity index (χ0) is 15.5. The molecule has 5 heteroatoms. The first-order valence-corrected chi connectivity index (χ1v) is 7.90. The van der Waals surface area contributed by atoms with Crippen LogP contribution in [0.15, 0.2) is 18.2 Å². The molecular weight excluding hydrogens is 285 g/mol. The Hall–Kier alpha value is -1.62. The lowest BCUT2D eigenvalue weighted by molar-refractivity contribution is -0.150. The maximum Gasteiger partial charge on any atom is 0.225 e. The molecule has 0 aromatic heterocycles. The molecule has 0 bridgehead atoms. The molecule has 1 saturated heterocycles. The molecule has 0 unspecified atom stereocenters. The van der Waals surface area contributed by atoms with Gasteiger partial charge in [-0.2, -0.15) is 0 Å². The minimum Gasteiger partial charge on any atom is -0.494 e. The second-order valence-corrected chi connectivity index (χ2v) is 6.13. The number of amides is 1. The van der Waals surface area contributed by atoms with Crippen LogP contribution in [0, 0.1) is 11.7 Å². The Morgan fingerprint density at radius 2 is 2.05 bits per heavy atom. The van der Waals surface area contributed by atoms with Crippen molar-refractivity contribution >= 4 is 5.91 Å². The summed E-state index contributed by atoms with van der Waals surface area (Å²) >= 11 is 0. The first kappa shape index (κ1) is 15.3. The van der Waals surface area contributed by atoms with Crippen molar-refractivity contribution in [2.45, 2.75) is 38.4 Å². The summed E-state index contributed by atoms with van der Waals surface area (Å²) in [6.07, 6.45) is 4.48. The summed E-state index contributed by atoms with van der Waals surface area (Å²) in [5.41, 5.74) is 0.777. The number of hydrogen-bond donors (Lipinski definition) is 0. The lowest BCUT2D eigenvalue weighted by atomic mass is 10.0. The quantitative estimate of drug-likeness (QED) is 0.839. The van der Waals surface area contributed by atoms with E-state index in [-0.39, 0.29) is 29.5 Å². The number of hydrogen-bond acceptors (Lipinski definition) is 3. The van der Waals surface area contributed by atoms with Crippen molar-refractivity contribution in [1.82, 2.24) is 4.90 Å². The molecule has 1 aliphatic carbocycles. The molecule has 0 atom stereocenters. The van der Waals surface area contributed by atoms with Crippen molar-refractivity contribution < 1.29 is 18.7 Å². The van der Waals surface area contributed by atoms with E-state index in [9.17, 15) is 9.18 Å². The molecule has 1 aromatic carbocycles. The van der Waals surface area contributed by atoms with Crippen LogP contribution in [-0.4, -0.2) is 37.1 Å². The Balaban J connectivity index is 1.42. The summed E-state index contributed by atoms with van der Waals surface area (Å²) in [6.45, 7) is 1.68. The number of ether oxygens (including phenoxy) is 2. The van der Waals surface area contributed by atoms with E-state index < -0.39 is 0 Å². The van der Waals surface area contributed by atoms with Crippen LogP contribution in [0.5, 0.6) is 5.75 Å². The molecule has 2 aliphatic rings. The molecule has 1 aromatic rings. The normalized spacial score (nSPS) is 19.3. The van der Waals surface area contributed by atoms with Gasteiger partial charge in [0.1, 0.15) is 0 Å². The van der Waals surface area contributed by atoms with Crippen LogP contribution in [0.4, 0.5) is 4.39 Å². The molecule has 4 nitrogen and oxygen atoms in total. The maximum absolute atomic E-state index is 13.6. The average Bonchev–Trinajstić information content (AvgIpc) is 2.99. The second-order valence-electron chi connectivity index (χ2n) is 6.13. The van der Waals surface area contributed by atoms with Gasteiger partial charge in [-0.1, -0.05) is 18.9 Å². The minimum atomic E-state index is -0.379. The zero-order valence-corrected chi connectivity index (χ0v) is 12.9. The van der Waals surface area contributed by atoms with E-state index in [1.165, 1.54) is 26.0 Å². The van der Waals surface area contributed by atoms with Gasteiger partial charge in [-0.25, -0.2) is 4.39 Å². The van der Waals surface area contributed by atoms with Crippen molar-refractivity contribution in [2.24, 2.45) is 5.92 Å². The molecule has 1 amide bonds. The van der Waals surface area contributed by atoms with E-state index in [1.54, 1.807) is 12.1 Å². The number of carbonyl (C=O) groups excluding carboxylic acids is 1. The number of rotatable bonds is 5. The molecule has 0 spiro atoms. The van der Waals surface area contributed by atoms with Crippen LogP contribution in [0.25, 0.3) is 0 Å². The molecule has 1 heterocycles. The summed E-state index contributed by atoms with van der Waals surface area (Å²) in [5, 5.41) is 0. The first-order valence-electron chi connectivity index (χ1n) is 7.90. The van der Waals surface area contributed by atoms with Crippen LogP contribution in [0.3, 0.4) is 0 Å². The average molecular weight is 307 g/mol. The fourth-order valence-corrected chi connectivity index (χ4v) is 3.17. The third-order valence-electron chi connectivity index (χ3n) is 4.57. The summed E-state index contributed by atoms with van der Waals surface area (Å²) in [4.78, 5) is 14.1. The predicted molar refractivity (Wildman–Crippen MR) is 80.1 cm³/mol. The Labute approximate surface area is 130 Å². The van der Waals surface area contributed by atoms with E-state index >= 15 is 0 Å². The zero-order valence-electron chi connectivity index (χ0n) is 12.9. The number of halogens is 1. The molecule has 1 saturated carbocycles. The number of methoxy groups -OCH3 is 1. The van der Waals surface area contributed by atoms with E-state index in [2.05, 4.69) is 0 Å². The van der Waals surface area contributed by atoms with Crippen molar-refractivity contribution in [3.05, 3.63) is 29.6 Å². The topological polar surface area (TPSA) is 38.8 Å². The van der Waals surface area contributed by atoms with Gasteiger partial charge in [0.2, 0.25) is 5.91 Å². The highest BCUT2D eigenvalue weighted by Crippen LogP contribution is 2.28. The predicted octanol–water partition coefficient (Wildman–Crippen LogP) is 2.75. The molecule has 3 rings (SSSR count). The van der Waals surface area contributed by atoms with Crippen LogP contribution in [0.1, 0.15) is 31.2 Å². The number of likely N-dealkylation sites (tertiary alicyclic amines) is 1. The van der Waals surface area contributed by atoms with Gasteiger partial charge < -0.3 is 14.4 Å². The Bertz CT molecular complexity index is 537. The van der Waals surface area contributed by atoms with Crippen LogP contribution in [0.2, 0.25) is 0 Å². The molecule has 22 heavy (non-hydrogen) atoms. The third kappa shape index (κ3) is 3.24. The van der Waals surface area contributed by atoms with Crippen LogP contribution < -0.4 is 4.74 Å². The van der Waals surface area contributed by atoms with E-state index in [4.69, 9.17) is 9.47 Å². The Morgan fingerprint density at radius 1 is 1.32 bits per heavy atom. The van der Waals surface area contributed by atoms with Gasteiger partial charge in [0, 0.05) is 19.0 Å². The molecule has 0 N–H and O–H groups in total. The van der Waals surface area contributed by atoms with Gasteiger partial charge in [0.15, 0.2) is 11.6 Å². The SMILES string of the molecule is COc1ccc(COC2CN(C(=O)C3CCCC3)C2)cc1F. The Kier molecular flexibility index (Phi) is 4.62. The van der Waals surface area contributed by atoms with Crippen molar-refractivity contribution in [2.75, 3.05) is 20.2 Å². The van der Waals surface area contributed by atoms with E-state index in [0.717, 1.165) is 18.4 Å². The molecule has 1 aliphatic heterocycles. The standard InChI is InChI=1S/C17H22FNO3/c1-21-16-7-6-12(8-15(16)18)11-22-14-9-19(10-14)17(20)13-4-2-3-5-13/h6-8,13-14H,2-5,9-11H2,1H3. The van der Waals surface area contributed by atoms with Crippen LogP contribution >= 0.6 is 0 Å². The first-order chi connectivity index (χ1) is 10.7. The maximum atomic E-state index is 13.6. The van der Waals surface area contributed by atoms with Gasteiger partial charge >= 0.3 is 0 Å². The van der Waals surface area contributed by atoms with Gasteiger partial charge in [0.05, 0.1) is 19.8 Å². The number of nitrogens with zero attached hydrogens (tertiary/aromatic N) is 1. The van der Waals surface area contributed by atoms with Crippen molar-refractivity contribution in [3.8, 4) is 5.75 Å². The fourth-order valence-electron chi connectivity index (χ4n) is 3.17. The Morgan fingerprint density at radius 3 is 2.68 bits per heavy atom. The van der Waals surface area contributed by atoms with Gasteiger partial charge in [-0.15, -0.1) is 0 Å². The summed E-state index contributed by atoms with van der Waals surface area (Å²) in [7, 11) is 1.44. The molecule has 120 valence electrons. The van der Waals surface area contributed by atoms with Crippen LogP contribution in [-0.2, 0) is 16.1 Å². The fraction of sp³-hybridized carbons (Fsp3) is 0.588. The van der Waals surface area contributed by atoms with E-state index in [0.29, 0.717) is 19.7 Å². The van der Waals surface area contributed by atoms with E-state index in [1.807, 2.05) is 4.90 Å². The number of carbonyl (C=O) groups is 1. The van der Waals surface area contributed by atoms with Gasteiger partial charge in [0.25, 0.3) is 0 Å². The summed E-state index contributed by atoms with van der Waals surface area (Å²) in [6, 6.07) is 4.83. The highest BCUT2D eigenvalue weighted by atomic mass is 19.1. The van der Waals surface area contributed by atoms with Crippen molar-refractivity contribution in [1.29, 1.82) is 0 Å². The smallest absolute Gasteiger partial charge is 0.225 e. The molecule has 0 radical (unpaired) electrons. The van der Waals surface area contributed by atoms with Gasteiger partial charge in [-0.3, -0.25) is 4.79 Å². The minimum absolute atomic E-state index is 0.0653. The lowest BCUT2D eigenvalue weighted by Crippen LogP contribution is -2.56. The number of benzene rings is 1. The molecule has 2 fully saturated rings. The second kappa shape index (κ2) is 6.65. The van der Waals surface area contributed by atoms with Gasteiger partial charge in [-0.05, 0) is 30.5 Å². The summed E-state index contributed by atoms with van der Waals surface area (Å²) in [5.74, 6) is 0.375. The highest BCUT2D eigenvalue weighted by Gasteiger charge is 2.35. The monoisotopic (exact) mass is 307 g/mol. The summed E-state index contributed by atoms with van der Waals surface area (Å²) < 4.78 is 24.2. The largest absolute Gasteiger partial charge is 0.494 e. The van der Waals surface area contributed by atoms with Crippen molar-refractivity contribution in [3.63, 3.8) is 0 Å².